The fraction of sp³-hybridized carbons (Fsp3) is 0.333. The van der Waals surface area contributed by atoms with Gasteiger partial charge in [-0.25, -0.2) is 0 Å². The van der Waals surface area contributed by atoms with Crippen LogP contribution in [0.2, 0.25) is 0 Å². The first-order chi connectivity index (χ1) is 5.79. The van der Waals surface area contributed by atoms with Crippen LogP contribution in [0.3, 0.4) is 0 Å². The number of rotatable bonds is 1. The Bertz CT molecular complexity index is 296. The Labute approximate surface area is 70.5 Å². The third-order valence-electron chi connectivity index (χ3n) is 1.93. The predicted molar refractivity (Wildman–Crippen MR) is 43.3 cm³/mol. The summed E-state index contributed by atoms with van der Waals surface area (Å²) in [5.74, 6) is 1.55. The molecule has 3 nitrogen and oxygen atoms in total. The molecule has 0 fully saturated rings. The van der Waals surface area contributed by atoms with E-state index in [1.54, 1.807) is 7.11 Å². The zero-order chi connectivity index (χ0) is 8.55. The quantitative estimate of drug-likeness (QED) is 0.675. The van der Waals surface area contributed by atoms with Crippen molar-refractivity contribution >= 4 is 0 Å². The van der Waals surface area contributed by atoms with Crippen LogP contribution in [0.15, 0.2) is 18.2 Å². The number of fused-ring (bicyclic) bond motifs is 1. The highest BCUT2D eigenvalue weighted by atomic mass is 16.6. The second kappa shape index (κ2) is 2.68. The minimum absolute atomic E-state index is 0.548. The second-order valence-corrected chi connectivity index (χ2v) is 2.75. The van der Waals surface area contributed by atoms with Crippen molar-refractivity contribution in [3.8, 4) is 11.5 Å². The van der Waals surface area contributed by atoms with E-state index in [0.29, 0.717) is 6.42 Å². The summed E-state index contributed by atoms with van der Waals surface area (Å²) in [6.07, 6.45) is -0.140. The van der Waals surface area contributed by atoms with Crippen LogP contribution < -0.4 is 9.47 Å². The van der Waals surface area contributed by atoms with Crippen LogP contribution in [0.1, 0.15) is 5.56 Å². The smallest absolute Gasteiger partial charge is 0.201 e. The van der Waals surface area contributed by atoms with Crippen LogP contribution in [-0.2, 0) is 6.42 Å². The average Bonchev–Trinajstić information content (AvgIpc) is 2.43. The highest BCUT2D eigenvalue weighted by molar-refractivity contribution is 5.42. The number of ether oxygens (including phenoxy) is 2. The van der Waals surface area contributed by atoms with Gasteiger partial charge in [0, 0.05) is 12.0 Å². The average molecular weight is 166 g/mol. The molecule has 0 saturated carbocycles. The monoisotopic (exact) mass is 166 g/mol. The maximum Gasteiger partial charge on any atom is 0.201 e. The topological polar surface area (TPSA) is 38.7 Å². The molecule has 0 spiro atoms. The largest absolute Gasteiger partial charge is 0.497 e. The van der Waals surface area contributed by atoms with Crippen molar-refractivity contribution in [2.75, 3.05) is 7.11 Å². The lowest BCUT2D eigenvalue weighted by Gasteiger charge is -2.02. The summed E-state index contributed by atoms with van der Waals surface area (Å²) >= 11 is 0. The van der Waals surface area contributed by atoms with Crippen molar-refractivity contribution in [1.29, 1.82) is 0 Å². The van der Waals surface area contributed by atoms with E-state index in [2.05, 4.69) is 0 Å². The van der Waals surface area contributed by atoms with Crippen LogP contribution in [0.25, 0.3) is 0 Å². The molecule has 2 rings (SSSR count). The number of aliphatic hydroxyl groups is 1. The molecule has 1 heterocycles. The maximum absolute atomic E-state index is 9.15. The first-order valence-corrected chi connectivity index (χ1v) is 3.81. The van der Waals surface area contributed by atoms with E-state index >= 15 is 0 Å². The van der Waals surface area contributed by atoms with Crippen molar-refractivity contribution in [1.82, 2.24) is 0 Å². The Morgan fingerprint density at radius 2 is 2.42 bits per heavy atom. The molecule has 0 bridgehead atoms. The standard InChI is InChI=1S/C9H10O3/c1-11-7-2-3-8-6(4-7)5-9(10)12-8/h2-4,9-10H,5H2,1H3/t9-/m1/s1. The van der Waals surface area contributed by atoms with E-state index in [0.717, 1.165) is 17.1 Å². The Balaban J connectivity index is 2.35. The molecule has 0 unspecified atom stereocenters. The highest BCUT2D eigenvalue weighted by Gasteiger charge is 2.20. The summed E-state index contributed by atoms with van der Waals surface area (Å²) in [4.78, 5) is 0. The summed E-state index contributed by atoms with van der Waals surface area (Å²) in [5, 5.41) is 9.15. The van der Waals surface area contributed by atoms with Crippen LogP contribution in [-0.4, -0.2) is 18.5 Å². The van der Waals surface area contributed by atoms with Crippen molar-refractivity contribution < 1.29 is 14.6 Å². The third kappa shape index (κ3) is 1.12. The number of hydrogen-bond donors (Lipinski definition) is 1. The first-order valence-electron chi connectivity index (χ1n) is 3.81. The predicted octanol–water partition coefficient (Wildman–Crippen LogP) is 0.948. The van der Waals surface area contributed by atoms with E-state index in [4.69, 9.17) is 14.6 Å². The normalized spacial score (nSPS) is 20.0. The SMILES string of the molecule is COc1ccc2c(c1)C[C@H](O)O2. The zero-order valence-corrected chi connectivity index (χ0v) is 6.78. The van der Waals surface area contributed by atoms with E-state index in [-0.39, 0.29) is 0 Å². The van der Waals surface area contributed by atoms with Gasteiger partial charge in [-0.1, -0.05) is 0 Å². The van der Waals surface area contributed by atoms with Crippen LogP contribution >= 0.6 is 0 Å². The minimum atomic E-state index is -0.688. The van der Waals surface area contributed by atoms with Gasteiger partial charge in [-0.2, -0.15) is 0 Å². The molecule has 1 aromatic carbocycles. The van der Waals surface area contributed by atoms with Crippen LogP contribution in [0.5, 0.6) is 11.5 Å². The van der Waals surface area contributed by atoms with Crippen LogP contribution in [0, 0.1) is 0 Å². The molecule has 0 amide bonds. The lowest BCUT2D eigenvalue weighted by Crippen LogP contribution is -2.09. The molecule has 1 aromatic rings. The number of aliphatic hydroxyl groups excluding tert-OH is 1. The van der Waals surface area contributed by atoms with E-state index in [1.807, 2.05) is 18.2 Å². The van der Waals surface area contributed by atoms with E-state index in [9.17, 15) is 0 Å². The fourth-order valence-corrected chi connectivity index (χ4v) is 1.33. The van der Waals surface area contributed by atoms with Gasteiger partial charge in [0.05, 0.1) is 7.11 Å². The zero-order valence-electron chi connectivity index (χ0n) is 6.78. The molecule has 12 heavy (non-hydrogen) atoms. The van der Waals surface area contributed by atoms with E-state index in [1.165, 1.54) is 0 Å². The molecular weight excluding hydrogens is 156 g/mol. The van der Waals surface area contributed by atoms with Crippen molar-refractivity contribution in [2.24, 2.45) is 0 Å². The van der Waals surface area contributed by atoms with Gasteiger partial charge < -0.3 is 14.6 Å². The summed E-state index contributed by atoms with van der Waals surface area (Å²) in [5.41, 5.74) is 1.00. The fourth-order valence-electron chi connectivity index (χ4n) is 1.33. The lowest BCUT2D eigenvalue weighted by atomic mass is 10.1. The van der Waals surface area contributed by atoms with E-state index < -0.39 is 6.29 Å². The van der Waals surface area contributed by atoms with Crippen molar-refractivity contribution in [3.63, 3.8) is 0 Å². The Morgan fingerprint density at radius 1 is 1.58 bits per heavy atom. The lowest BCUT2D eigenvalue weighted by molar-refractivity contribution is 0.00215. The number of methoxy groups -OCH3 is 1. The number of hydrogen-bond acceptors (Lipinski definition) is 3. The molecule has 1 aliphatic rings. The first kappa shape index (κ1) is 7.43. The molecule has 1 atom stereocenters. The summed E-state index contributed by atoms with van der Waals surface area (Å²) in [6.45, 7) is 0. The van der Waals surface area contributed by atoms with Crippen molar-refractivity contribution in [2.45, 2.75) is 12.7 Å². The summed E-state index contributed by atoms with van der Waals surface area (Å²) in [6, 6.07) is 5.51. The summed E-state index contributed by atoms with van der Waals surface area (Å²) < 4.78 is 10.1. The van der Waals surface area contributed by atoms with Gasteiger partial charge in [0.2, 0.25) is 6.29 Å². The molecule has 0 aliphatic carbocycles. The Morgan fingerprint density at radius 3 is 3.17 bits per heavy atom. The maximum atomic E-state index is 9.15. The van der Waals surface area contributed by atoms with Crippen LogP contribution in [0.4, 0.5) is 0 Å². The van der Waals surface area contributed by atoms with Gasteiger partial charge in [0.25, 0.3) is 0 Å². The van der Waals surface area contributed by atoms with Gasteiger partial charge in [0.1, 0.15) is 11.5 Å². The molecule has 0 aromatic heterocycles. The molecule has 64 valence electrons. The number of benzene rings is 1. The van der Waals surface area contributed by atoms with Gasteiger partial charge in [-0.3, -0.25) is 0 Å². The molecule has 3 heteroatoms. The Kier molecular flexibility index (Phi) is 1.66. The molecule has 1 N–H and O–H groups in total. The second-order valence-electron chi connectivity index (χ2n) is 2.75. The highest BCUT2D eigenvalue weighted by Crippen LogP contribution is 2.30. The molecular formula is C9H10O3. The third-order valence-corrected chi connectivity index (χ3v) is 1.93. The van der Waals surface area contributed by atoms with Gasteiger partial charge in [-0.05, 0) is 18.2 Å². The Hall–Kier alpha value is -1.22. The van der Waals surface area contributed by atoms with Gasteiger partial charge >= 0.3 is 0 Å². The molecule has 1 aliphatic heterocycles. The van der Waals surface area contributed by atoms with Gasteiger partial charge in [0.15, 0.2) is 0 Å². The molecule has 0 radical (unpaired) electrons. The molecule has 0 saturated heterocycles. The van der Waals surface area contributed by atoms with Crippen molar-refractivity contribution in [3.05, 3.63) is 23.8 Å². The van der Waals surface area contributed by atoms with Gasteiger partial charge in [-0.15, -0.1) is 0 Å². The minimum Gasteiger partial charge on any atom is -0.497 e. The summed E-state index contributed by atoms with van der Waals surface area (Å²) in [7, 11) is 1.62.